The second-order valence-electron chi connectivity index (χ2n) is 7.82. The van der Waals surface area contributed by atoms with Gasteiger partial charge in [0.15, 0.2) is 5.76 Å². The molecular weight excluding hydrogens is 331 g/mol. The van der Waals surface area contributed by atoms with Crippen molar-refractivity contribution in [3.05, 3.63) is 59.3 Å². The van der Waals surface area contributed by atoms with Gasteiger partial charge in [-0.05, 0) is 68.5 Å². The first-order valence-corrected chi connectivity index (χ1v) is 9.35. The summed E-state index contributed by atoms with van der Waals surface area (Å²) in [5, 5.41) is 0. The van der Waals surface area contributed by atoms with E-state index in [1.807, 2.05) is 24.0 Å². The summed E-state index contributed by atoms with van der Waals surface area (Å²) in [4.78, 5) is 17.0. The fraction of sp³-hybridized carbons (Fsp3) is 0.476. The number of nitrogens with zero attached hydrogens (tertiary/aromatic N) is 2. The smallest absolute Gasteiger partial charge is 0.289 e. The van der Waals surface area contributed by atoms with Gasteiger partial charge in [-0.25, -0.2) is 4.39 Å². The summed E-state index contributed by atoms with van der Waals surface area (Å²) >= 11 is 0. The van der Waals surface area contributed by atoms with Crippen molar-refractivity contribution < 1.29 is 13.6 Å². The standard InChI is InChI=1S/C21H25FN2O2/c1-16-5-12-26-19(16)20(25)24-11-8-21(15-24)6-9-23(10-7-21)14-17-3-2-4-18(22)13-17/h2-5,12-13H,6-11,14-15H2,1H3. The zero-order valence-electron chi connectivity index (χ0n) is 15.2. The summed E-state index contributed by atoms with van der Waals surface area (Å²) < 4.78 is 18.7. The van der Waals surface area contributed by atoms with Crippen molar-refractivity contribution in [2.45, 2.75) is 32.7 Å². The lowest BCUT2D eigenvalue weighted by Gasteiger charge is -2.39. The number of hydrogen-bond donors (Lipinski definition) is 0. The van der Waals surface area contributed by atoms with E-state index < -0.39 is 0 Å². The second kappa shape index (κ2) is 6.88. The third-order valence-corrected chi connectivity index (χ3v) is 5.99. The summed E-state index contributed by atoms with van der Waals surface area (Å²) in [5.74, 6) is 0.325. The van der Waals surface area contributed by atoms with Gasteiger partial charge >= 0.3 is 0 Å². The number of halogens is 1. The molecule has 2 saturated heterocycles. The first-order valence-electron chi connectivity index (χ1n) is 9.35. The number of hydrogen-bond acceptors (Lipinski definition) is 3. The molecule has 1 aromatic heterocycles. The number of benzene rings is 1. The minimum Gasteiger partial charge on any atom is -0.459 e. The average Bonchev–Trinajstić information content (AvgIpc) is 3.24. The molecule has 4 rings (SSSR count). The number of rotatable bonds is 3. The fourth-order valence-corrected chi connectivity index (χ4v) is 4.33. The van der Waals surface area contributed by atoms with Crippen molar-refractivity contribution in [1.82, 2.24) is 9.80 Å². The van der Waals surface area contributed by atoms with Crippen LogP contribution in [0.3, 0.4) is 0 Å². The number of carbonyl (C=O) groups is 1. The minimum absolute atomic E-state index is 0.0200. The number of piperidine rings is 1. The molecular formula is C21H25FN2O2. The topological polar surface area (TPSA) is 36.7 Å². The maximum atomic E-state index is 13.4. The van der Waals surface area contributed by atoms with Crippen molar-refractivity contribution >= 4 is 5.91 Å². The molecule has 4 nitrogen and oxygen atoms in total. The average molecular weight is 356 g/mol. The highest BCUT2D eigenvalue weighted by atomic mass is 19.1. The first-order chi connectivity index (χ1) is 12.5. The maximum Gasteiger partial charge on any atom is 0.289 e. The summed E-state index contributed by atoms with van der Waals surface area (Å²) in [6, 6.07) is 8.69. The Hall–Kier alpha value is -2.14. The lowest BCUT2D eigenvalue weighted by molar-refractivity contribution is 0.0685. The quantitative estimate of drug-likeness (QED) is 0.838. The molecule has 0 saturated carbocycles. The highest BCUT2D eigenvalue weighted by Crippen LogP contribution is 2.41. The van der Waals surface area contributed by atoms with Crippen LogP contribution in [-0.2, 0) is 6.54 Å². The largest absolute Gasteiger partial charge is 0.459 e. The van der Waals surface area contributed by atoms with Gasteiger partial charge in [-0.1, -0.05) is 12.1 Å². The molecule has 1 amide bonds. The van der Waals surface area contributed by atoms with Crippen LogP contribution in [0.15, 0.2) is 41.0 Å². The van der Waals surface area contributed by atoms with E-state index in [9.17, 15) is 9.18 Å². The SMILES string of the molecule is Cc1ccoc1C(=O)N1CCC2(CCN(Cc3cccc(F)c3)CC2)C1. The van der Waals surface area contributed by atoms with Crippen LogP contribution >= 0.6 is 0 Å². The van der Waals surface area contributed by atoms with E-state index in [-0.39, 0.29) is 17.1 Å². The molecule has 1 spiro atoms. The van der Waals surface area contributed by atoms with Crippen LogP contribution in [0.4, 0.5) is 4.39 Å². The van der Waals surface area contributed by atoms with E-state index in [0.717, 1.165) is 63.1 Å². The number of likely N-dealkylation sites (tertiary alicyclic amines) is 2. The van der Waals surface area contributed by atoms with Crippen LogP contribution in [0.1, 0.15) is 40.9 Å². The van der Waals surface area contributed by atoms with Crippen molar-refractivity contribution in [3.8, 4) is 0 Å². The van der Waals surface area contributed by atoms with Gasteiger partial charge in [0.1, 0.15) is 5.82 Å². The third kappa shape index (κ3) is 3.40. The Morgan fingerprint density at radius 3 is 2.65 bits per heavy atom. The van der Waals surface area contributed by atoms with E-state index in [0.29, 0.717) is 5.76 Å². The molecule has 0 N–H and O–H groups in total. The lowest BCUT2D eigenvalue weighted by atomic mass is 9.77. The molecule has 5 heteroatoms. The summed E-state index contributed by atoms with van der Waals surface area (Å²) in [6.45, 7) is 6.33. The molecule has 2 aliphatic rings. The molecule has 0 unspecified atom stereocenters. The van der Waals surface area contributed by atoms with Gasteiger partial charge in [-0.3, -0.25) is 9.69 Å². The number of furan rings is 1. The Morgan fingerprint density at radius 1 is 1.19 bits per heavy atom. The Bertz CT molecular complexity index is 793. The van der Waals surface area contributed by atoms with Crippen molar-refractivity contribution in [2.24, 2.45) is 5.41 Å². The van der Waals surface area contributed by atoms with Crippen LogP contribution in [0.2, 0.25) is 0 Å². The molecule has 2 aliphatic heterocycles. The molecule has 26 heavy (non-hydrogen) atoms. The summed E-state index contributed by atoms with van der Waals surface area (Å²) in [6.07, 6.45) is 4.82. The van der Waals surface area contributed by atoms with Gasteiger partial charge in [-0.15, -0.1) is 0 Å². The van der Waals surface area contributed by atoms with E-state index in [1.54, 1.807) is 18.4 Å². The molecule has 2 aromatic rings. The normalized spacial score (nSPS) is 20.0. The Balaban J connectivity index is 1.34. The Kier molecular flexibility index (Phi) is 4.57. The number of aryl methyl sites for hydroxylation is 1. The first kappa shape index (κ1) is 17.3. The number of carbonyl (C=O) groups excluding carboxylic acids is 1. The fourth-order valence-electron chi connectivity index (χ4n) is 4.33. The highest BCUT2D eigenvalue weighted by molar-refractivity contribution is 5.93. The minimum atomic E-state index is -0.172. The predicted octanol–water partition coefficient (Wildman–Crippen LogP) is 3.86. The van der Waals surface area contributed by atoms with Gasteiger partial charge < -0.3 is 9.32 Å². The van der Waals surface area contributed by atoms with E-state index in [2.05, 4.69) is 4.90 Å². The molecule has 1 aromatic carbocycles. The van der Waals surface area contributed by atoms with Crippen LogP contribution in [0.5, 0.6) is 0 Å². The predicted molar refractivity (Wildman–Crippen MR) is 97.3 cm³/mol. The van der Waals surface area contributed by atoms with Crippen LogP contribution < -0.4 is 0 Å². The van der Waals surface area contributed by atoms with Gasteiger partial charge in [0.2, 0.25) is 0 Å². The van der Waals surface area contributed by atoms with E-state index in [1.165, 1.54) is 6.07 Å². The Labute approximate surface area is 153 Å². The highest BCUT2D eigenvalue weighted by Gasteiger charge is 2.42. The van der Waals surface area contributed by atoms with Gasteiger partial charge in [0, 0.05) is 25.2 Å². The third-order valence-electron chi connectivity index (χ3n) is 5.99. The zero-order valence-corrected chi connectivity index (χ0v) is 15.2. The number of amides is 1. The maximum absolute atomic E-state index is 13.4. The van der Waals surface area contributed by atoms with E-state index in [4.69, 9.17) is 4.42 Å². The van der Waals surface area contributed by atoms with Gasteiger partial charge in [0.25, 0.3) is 5.91 Å². The molecule has 0 bridgehead atoms. The summed E-state index contributed by atoms with van der Waals surface area (Å²) in [7, 11) is 0. The van der Waals surface area contributed by atoms with E-state index >= 15 is 0 Å². The lowest BCUT2D eigenvalue weighted by Crippen LogP contribution is -2.42. The molecule has 0 radical (unpaired) electrons. The van der Waals surface area contributed by atoms with Gasteiger partial charge in [-0.2, -0.15) is 0 Å². The van der Waals surface area contributed by atoms with Crippen LogP contribution in [0, 0.1) is 18.2 Å². The second-order valence-corrected chi connectivity index (χ2v) is 7.82. The summed E-state index contributed by atoms with van der Waals surface area (Å²) in [5.41, 5.74) is 2.16. The van der Waals surface area contributed by atoms with Crippen LogP contribution in [0.25, 0.3) is 0 Å². The monoisotopic (exact) mass is 356 g/mol. The molecule has 3 heterocycles. The van der Waals surface area contributed by atoms with Crippen molar-refractivity contribution in [3.63, 3.8) is 0 Å². The van der Waals surface area contributed by atoms with Gasteiger partial charge in [0.05, 0.1) is 6.26 Å². The van der Waals surface area contributed by atoms with Crippen molar-refractivity contribution in [1.29, 1.82) is 0 Å². The molecule has 0 atom stereocenters. The molecule has 0 aliphatic carbocycles. The molecule has 2 fully saturated rings. The van der Waals surface area contributed by atoms with Crippen molar-refractivity contribution in [2.75, 3.05) is 26.2 Å². The Morgan fingerprint density at radius 2 is 1.96 bits per heavy atom. The molecule has 138 valence electrons. The zero-order chi connectivity index (χ0) is 18.1. The van der Waals surface area contributed by atoms with Crippen LogP contribution in [-0.4, -0.2) is 41.9 Å².